The highest BCUT2D eigenvalue weighted by atomic mass is 15.1. The number of pyridine rings is 1. The fourth-order valence-electron chi connectivity index (χ4n) is 3.29. The van der Waals surface area contributed by atoms with Gasteiger partial charge in [-0.1, -0.05) is 18.2 Å². The van der Waals surface area contributed by atoms with Gasteiger partial charge in [0.15, 0.2) is 0 Å². The summed E-state index contributed by atoms with van der Waals surface area (Å²) >= 11 is 0. The molecule has 21 heavy (non-hydrogen) atoms. The van der Waals surface area contributed by atoms with E-state index in [9.17, 15) is 0 Å². The molecular weight excluding hydrogens is 258 g/mol. The van der Waals surface area contributed by atoms with Gasteiger partial charge in [0, 0.05) is 23.8 Å². The van der Waals surface area contributed by atoms with E-state index in [0.29, 0.717) is 6.04 Å². The largest absolute Gasteiger partial charge is 0.310 e. The minimum Gasteiger partial charge on any atom is -0.310 e. The molecule has 1 unspecified atom stereocenters. The molecule has 3 heteroatoms. The van der Waals surface area contributed by atoms with E-state index < -0.39 is 0 Å². The van der Waals surface area contributed by atoms with Gasteiger partial charge in [-0.2, -0.15) is 0 Å². The number of rotatable bonds is 2. The molecule has 1 aromatic carbocycles. The lowest BCUT2D eigenvalue weighted by molar-refractivity contribution is 0.646. The number of para-hydroxylation sites is 1. The maximum absolute atomic E-state index is 4.58. The Bertz CT molecular complexity index is 782. The summed E-state index contributed by atoms with van der Waals surface area (Å²) in [4.78, 5) is 4.58. The second-order valence-electron chi connectivity index (χ2n) is 5.80. The lowest BCUT2D eigenvalue weighted by Gasteiger charge is -2.12. The predicted octanol–water partition coefficient (Wildman–Crippen LogP) is 3.76. The van der Waals surface area contributed by atoms with Crippen LogP contribution in [0.1, 0.15) is 30.0 Å². The lowest BCUT2D eigenvalue weighted by atomic mass is 10.1. The van der Waals surface area contributed by atoms with E-state index in [4.69, 9.17) is 0 Å². The van der Waals surface area contributed by atoms with Gasteiger partial charge in [-0.3, -0.25) is 0 Å². The SMILES string of the molecule is Cc1cn(-c2cc(C3CCCN3)ccn2)c2ccccc12. The van der Waals surface area contributed by atoms with Gasteiger partial charge in [-0.05, 0) is 55.6 Å². The second kappa shape index (κ2) is 5.01. The van der Waals surface area contributed by atoms with Crippen molar-refractivity contribution in [2.24, 2.45) is 0 Å². The van der Waals surface area contributed by atoms with Crippen molar-refractivity contribution in [3.63, 3.8) is 0 Å². The number of nitrogens with zero attached hydrogens (tertiary/aromatic N) is 2. The minimum absolute atomic E-state index is 0.481. The lowest BCUT2D eigenvalue weighted by Crippen LogP contribution is -2.13. The quantitative estimate of drug-likeness (QED) is 0.773. The molecule has 1 saturated heterocycles. The van der Waals surface area contributed by atoms with Crippen LogP contribution < -0.4 is 5.32 Å². The van der Waals surface area contributed by atoms with Gasteiger partial charge >= 0.3 is 0 Å². The topological polar surface area (TPSA) is 29.9 Å². The zero-order valence-corrected chi connectivity index (χ0v) is 12.2. The van der Waals surface area contributed by atoms with Gasteiger partial charge in [0.05, 0.1) is 5.52 Å². The molecule has 0 aliphatic carbocycles. The van der Waals surface area contributed by atoms with E-state index in [0.717, 1.165) is 12.4 Å². The Hall–Kier alpha value is -2.13. The standard InChI is InChI=1S/C18H19N3/c1-13-12-21(17-7-3-2-5-15(13)17)18-11-14(8-10-20-18)16-6-4-9-19-16/h2-3,5,7-8,10-12,16,19H,4,6,9H2,1H3. The van der Waals surface area contributed by atoms with Crippen molar-refractivity contribution in [3.05, 3.63) is 59.9 Å². The number of aromatic nitrogens is 2. The third-order valence-electron chi connectivity index (χ3n) is 4.39. The number of hydrogen-bond donors (Lipinski definition) is 1. The number of nitrogens with one attached hydrogen (secondary N) is 1. The molecule has 1 fully saturated rings. The highest BCUT2D eigenvalue weighted by molar-refractivity contribution is 5.85. The molecule has 0 radical (unpaired) electrons. The van der Waals surface area contributed by atoms with Crippen LogP contribution in [0.4, 0.5) is 0 Å². The van der Waals surface area contributed by atoms with Crippen LogP contribution in [0.3, 0.4) is 0 Å². The van der Waals surface area contributed by atoms with Crippen LogP contribution in [0.15, 0.2) is 48.8 Å². The Kier molecular flexibility index (Phi) is 3.00. The molecule has 0 saturated carbocycles. The molecule has 0 bridgehead atoms. The zero-order valence-electron chi connectivity index (χ0n) is 12.2. The van der Waals surface area contributed by atoms with Crippen LogP contribution in [0.2, 0.25) is 0 Å². The van der Waals surface area contributed by atoms with Crippen molar-refractivity contribution >= 4 is 10.9 Å². The van der Waals surface area contributed by atoms with Gasteiger partial charge in [0.25, 0.3) is 0 Å². The Morgan fingerprint density at radius 2 is 2.14 bits per heavy atom. The maximum Gasteiger partial charge on any atom is 0.137 e. The Morgan fingerprint density at radius 1 is 1.24 bits per heavy atom. The van der Waals surface area contributed by atoms with Crippen LogP contribution in [0.25, 0.3) is 16.7 Å². The van der Waals surface area contributed by atoms with E-state index in [-0.39, 0.29) is 0 Å². The molecule has 1 aliphatic rings. The Morgan fingerprint density at radius 3 is 3.00 bits per heavy atom. The first-order valence-corrected chi connectivity index (χ1v) is 7.59. The first kappa shape index (κ1) is 12.6. The normalized spacial score (nSPS) is 18.4. The van der Waals surface area contributed by atoms with Crippen molar-refractivity contribution < 1.29 is 0 Å². The summed E-state index contributed by atoms with van der Waals surface area (Å²) in [5, 5.41) is 4.85. The molecular formula is C18H19N3. The second-order valence-corrected chi connectivity index (χ2v) is 5.80. The van der Waals surface area contributed by atoms with E-state index in [2.05, 4.69) is 64.4 Å². The molecule has 3 heterocycles. The summed E-state index contributed by atoms with van der Waals surface area (Å²) in [6, 6.07) is 13.3. The van der Waals surface area contributed by atoms with Crippen LogP contribution in [-0.2, 0) is 0 Å². The molecule has 1 aliphatic heterocycles. The van der Waals surface area contributed by atoms with Gasteiger partial charge in [0.1, 0.15) is 5.82 Å². The van der Waals surface area contributed by atoms with Gasteiger partial charge in [-0.15, -0.1) is 0 Å². The summed E-state index contributed by atoms with van der Waals surface area (Å²) in [5.74, 6) is 1.01. The summed E-state index contributed by atoms with van der Waals surface area (Å²) in [6.07, 6.45) is 6.58. The molecule has 3 nitrogen and oxygen atoms in total. The molecule has 1 atom stereocenters. The fraction of sp³-hybridized carbons (Fsp3) is 0.278. The fourth-order valence-corrected chi connectivity index (χ4v) is 3.29. The Labute approximate surface area is 124 Å². The monoisotopic (exact) mass is 277 g/mol. The summed E-state index contributed by atoms with van der Waals surface area (Å²) in [7, 11) is 0. The molecule has 2 aromatic heterocycles. The van der Waals surface area contributed by atoms with Crippen molar-refractivity contribution in [2.45, 2.75) is 25.8 Å². The average Bonchev–Trinajstić information content (AvgIpc) is 3.17. The smallest absolute Gasteiger partial charge is 0.137 e. The number of fused-ring (bicyclic) bond motifs is 1. The van der Waals surface area contributed by atoms with E-state index in [1.54, 1.807) is 0 Å². The summed E-state index contributed by atoms with van der Waals surface area (Å²) < 4.78 is 2.20. The van der Waals surface area contributed by atoms with Crippen LogP contribution >= 0.6 is 0 Å². The molecule has 0 amide bonds. The molecule has 3 aromatic rings. The average molecular weight is 277 g/mol. The summed E-state index contributed by atoms with van der Waals surface area (Å²) in [5.41, 5.74) is 3.85. The predicted molar refractivity (Wildman–Crippen MR) is 85.8 cm³/mol. The number of aryl methyl sites for hydroxylation is 1. The van der Waals surface area contributed by atoms with Crippen LogP contribution in [0.5, 0.6) is 0 Å². The summed E-state index contributed by atoms with van der Waals surface area (Å²) in [6.45, 7) is 3.27. The molecule has 106 valence electrons. The number of benzene rings is 1. The van der Waals surface area contributed by atoms with Crippen molar-refractivity contribution in [2.75, 3.05) is 6.54 Å². The van der Waals surface area contributed by atoms with E-state index in [1.807, 2.05) is 6.20 Å². The molecule has 1 N–H and O–H groups in total. The van der Waals surface area contributed by atoms with Gasteiger partial charge < -0.3 is 9.88 Å². The highest BCUT2D eigenvalue weighted by Gasteiger charge is 2.17. The molecule has 0 spiro atoms. The van der Waals surface area contributed by atoms with E-state index >= 15 is 0 Å². The van der Waals surface area contributed by atoms with Crippen molar-refractivity contribution in [3.8, 4) is 5.82 Å². The Balaban J connectivity index is 1.83. The van der Waals surface area contributed by atoms with Gasteiger partial charge in [0.2, 0.25) is 0 Å². The van der Waals surface area contributed by atoms with Crippen LogP contribution in [0, 0.1) is 6.92 Å². The minimum atomic E-state index is 0.481. The number of hydrogen-bond acceptors (Lipinski definition) is 2. The zero-order chi connectivity index (χ0) is 14.2. The molecule has 4 rings (SSSR count). The third-order valence-corrected chi connectivity index (χ3v) is 4.39. The highest BCUT2D eigenvalue weighted by Crippen LogP contribution is 2.27. The third kappa shape index (κ3) is 2.14. The van der Waals surface area contributed by atoms with E-state index in [1.165, 1.54) is 34.9 Å². The first-order valence-electron chi connectivity index (χ1n) is 7.59. The van der Waals surface area contributed by atoms with Crippen molar-refractivity contribution in [1.29, 1.82) is 0 Å². The maximum atomic E-state index is 4.58. The van der Waals surface area contributed by atoms with Gasteiger partial charge in [-0.25, -0.2) is 4.98 Å². The first-order chi connectivity index (χ1) is 10.3. The van der Waals surface area contributed by atoms with Crippen LogP contribution in [-0.4, -0.2) is 16.1 Å². The van der Waals surface area contributed by atoms with Crippen molar-refractivity contribution in [1.82, 2.24) is 14.9 Å².